The molecular weight excluding hydrogens is 595 g/mol. The number of hydrogen-bond acceptors (Lipinski definition) is 8. The van der Waals surface area contributed by atoms with Gasteiger partial charge < -0.3 is 20.1 Å². The van der Waals surface area contributed by atoms with Crippen molar-refractivity contribution >= 4 is 46.4 Å². The summed E-state index contributed by atoms with van der Waals surface area (Å²) in [5.74, 6) is -0.451. The Kier molecular flexibility index (Phi) is 10.3. The Morgan fingerprint density at radius 2 is 1.86 bits per heavy atom. The first-order valence-corrected chi connectivity index (χ1v) is 14.3. The van der Waals surface area contributed by atoms with Crippen molar-refractivity contribution in [1.29, 1.82) is 0 Å². The number of aromatic hydroxyl groups is 1. The van der Waals surface area contributed by atoms with Crippen LogP contribution in [-0.2, 0) is 11.0 Å². The van der Waals surface area contributed by atoms with E-state index in [-0.39, 0.29) is 46.0 Å². The van der Waals surface area contributed by atoms with Crippen molar-refractivity contribution < 1.29 is 32.6 Å². The molecule has 0 aliphatic heterocycles. The van der Waals surface area contributed by atoms with E-state index >= 15 is 0 Å². The van der Waals surface area contributed by atoms with Gasteiger partial charge in [-0.1, -0.05) is 30.3 Å². The third-order valence-corrected chi connectivity index (χ3v) is 7.67. The molecule has 44 heavy (non-hydrogen) atoms. The predicted octanol–water partition coefficient (Wildman–Crippen LogP) is 5.78. The fourth-order valence-corrected chi connectivity index (χ4v) is 5.20. The smallest absolute Gasteiger partial charge is 0.418 e. The number of phenols is 1. The van der Waals surface area contributed by atoms with Gasteiger partial charge in [0.15, 0.2) is 11.5 Å². The molecule has 0 saturated carbocycles. The molecular formula is C31H30F3N5O4S. The van der Waals surface area contributed by atoms with E-state index in [2.05, 4.69) is 20.8 Å². The number of ether oxygens (including phenoxy) is 1. The van der Waals surface area contributed by atoms with Crippen LogP contribution in [-0.4, -0.2) is 66.0 Å². The van der Waals surface area contributed by atoms with Gasteiger partial charge in [-0.3, -0.25) is 14.6 Å². The number of rotatable bonds is 11. The molecule has 2 amide bonds. The average molecular weight is 626 g/mol. The second-order valence-electron chi connectivity index (χ2n) is 9.83. The summed E-state index contributed by atoms with van der Waals surface area (Å²) in [6, 6.07) is 17.0. The van der Waals surface area contributed by atoms with Gasteiger partial charge in [0.1, 0.15) is 0 Å². The number of hydrogen-bond donors (Lipinski definition) is 3. The number of fused-ring (bicyclic) bond motifs is 1. The summed E-state index contributed by atoms with van der Waals surface area (Å²) in [7, 11) is 4.63. The number of methoxy groups -OCH3 is 1. The normalized spacial score (nSPS) is 12.2. The predicted molar refractivity (Wildman–Crippen MR) is 164 cm³/mol. The lowest BCUT2D eigenvalue weighted by Gasteiger charge is -2.24. The molecule has 4 rings (SSSR count). The molecule has 13 heteroatoms. The highest BCUT2D eigenvalue weighted by Crippen LogP contribution is 2.37. The van der Waals surface area contributed by atoms with Crippen molar-refractivity contribution in [1.82, 2.24) is 15.3 Å². The second-order valence-corrected chi connectivity index (χ2v) is 10.9. The van der Waals surface area contributed by atoms with Gasteiger partial charge in [0.25, 0.3) is 5.91 Å². The minimum Gasteiger partial charge on any atom is -0.504 e. The number of nitrogens with one attached hydrogen (secondary N) is 2. The highest BCUT2D eigenvalue weighted by molar-refractivity contribution is 7.99. The van der Waals surface area contributed by atoms with Crippen LogP contribution in [0.3, 0.4) is 0 Å². The third kappa shape index (κ3) is 7.98. The first kappa shape index (κ1) is 32.1. The molecule has 9 nitrogen and oxygen atoms in total. The largest absolute Gasteiger partial charge is 0.504 e. The minimum atomic E-state index is -4.69. The van der Waals surface area contributed by atoms with Crippen molar-refractivity contribution in [2.45, 2.75) is 23.5 Å². The number of alkyl halides is 3. The van der Waals surface area contributed by atoms with E-state index in [4.69, 9.17) is 4.74 Å². The number of carbonyl (C=O) groups is 2. The van der Waals surface area contributed by atoms with Crippen LogP contribution in [0.1, 0.15) is 27.9 Å². The molecule has 0 unspecified atom stereocenters. The summed E-state index contributed by atoms with van der Waals surface area (Å²) in [6.45, 7) is 0. The molecule has 1 heterocycles. The fourth-order valence-electron chi connectivity index (χ4n) is 4.26. The summed E-state index contributed by atoms with van der Waals surface area (Å²) in [5.41, 5.74) is 1.54. The molecule has 230 valence electrons. The molecule has 4 aromatic rings. The lowest BCUT2D eigenvalue weighted by Crippen LogP contribution is -2.33. The van der Waals surface area contributed by atoms with Gasteiger partial charge in [-0.25, -0.2) is 5.43 Å². The Morgan fingerprint density at radius 1 is 1.11 bits per heavy atom. The highest BCUT2D eigenvalue weighted by Gasteiger charge is 2.34. The van der Waals surface area contributed by atoms with Crippen molar-refractivity contribution in [2.75, 3.05) is 32.3 Å². The summed E-state index contributed by atoms with van der Waals surface area (Å²) < 4.78 is 46.7. The minimum absolute atomic E-state index is 0.00971. The Hall–Kier alpha value is -4.78. The summed E-state index contributed by atoms with van der Waals surface area (Å²) in [4.78, 5) is 32.5. The van der Waals surface area contributed by atoms with Gasteiger partial charge in [0, 0.05) is 48.8 Å². The maximum absolute atomic E-state index is 13.9. The number of thioether (sulfide) groups is 1. The first-order valence-electron chi connectivity index (χ1n) is 13.3. The van der Waals surface area contributed by atoms with E-state index in [1.807, 2.05) is 30.3 Å². The number of anilines is 1. The number of phenolic OH excluding ortho intramolecular Hbond substituents is 1. The number of para-hydroxylation sites is 1. The zero-order chi connectivity index (χ0) is 31.9. The molecule has 0 spiro atoms. The number of halogens is 3. The van der Waals surface area contributed by atoms with Crippen LogP contribution in [0.4, 0.5) is 18.9 Å². The van der Waals surface area contributed by atoms with Gasteiger partial charge in [0.2, 0.25) is 5.91 Å². The van der Waals surface area contributed by atoms with E-state index in [1.54, 1.807) is 20.2 Å². The average Bonchev–Trinajstić information content (AvgIpc) is 2.99. The second kappa shape index (κ2) is 14.1. The molecule has 1 aromatic heterocycles. The zero-order valence-corrected chi connectivity index (χ0v) is 24.9. The third-order valence-electron chi connectivity index (χ3n) is 6.49. The van der Waals surface area contributed by atoms with Crippen molar-refractivity contribution in [3.63, 3.8) is 0 Å². The topological polar surface area (TPSA) is 116 Å². The Labute approximate surface area is 256 Å². The van der Waals surface area contributed by atoms with Crippen LogP contribution in [0.5, 0.6) is 11.5 Å². The summed E-state index contributed by atoms with van der Waals surface area (Å²) in [6.07, 6.45) is -2.34. The molecule has 3 aromatic carbocycles. The highest BCUT2D eigenvalue weighted by atomic mass is 32.2. The molecule has 0 radical (unpaired) electrons. The molecule has 0 aliphatic carbocycles. The maximum Gasteiger partial charge on any atom is 0.418 e. The van der Waals surface area contributed by atoms with Gasteiger partial charge in [-0.2, -0.15) is 18.3 Å². The van der Waals surface area contributed by atoms with E-state index in [1.165, 1.54) is 54.3 Å². The number of carbonyl (C=O) groups excluding carboxylic acids is 2. The van der Waals surface area contributed by atoms with Crippen LogP contribution in [0.25, 0.3) is 10.9 Å². The van der Waals surface area contributed by atoms with E-state index in [9.17, 15) is 27.9 Å². The quantitative estimate of drug-likeness (QED) is 0.110. The van der Waals surface area contributed by atoms with Crippen molar-refractivity contribution in [2.24, 2.45) is 5.10 Å². The standard InChI is InChI=1S/C31H30F3N5O4S/c1-39(2)27(41)15-20(18-44-21-8-5-4-6-9-21)37-28-22-10-7-11-24(31(32,33)34)29(22)35-17-23(28)30(42)38-36-16-19-12-13-26(43-3)25(40)14-19/h4-14,16-17,20,40H,15,18H2,1-3H3,(H,35,37)(H,38,42)/b36-16+/t20-/m1/s1. The lowest BCUT2D eigenvalue weighted by molar-refractivity contribution is -0.136. The number of benzene rings is 3. The van der Waals surface area contributed by atoms with Crippen LogP contribution in [0.15, 0.2) is 82.9 Å². The van der Waals surface area contributed by atoms with E-state index < -0.39 is 23.7 Å². The summed E-state index contributed by atoms with van der Waals surface area (Å²) >= 11 is 1.46. The van der Waals surface area contributed by atoms with Crippen molar-refractivity contribution in [3.8, 4) is 11.5 Å². The maximum atomic E-state index is 13.9. The zero-order valence-electron chi connectivity index (χ0n) is 24.1. The monoisotopic (exact) mass is 625 g/mol. The van der Waals surface area contributed by atoms with Crippen LogP contribution in [0.2, 0.25) is 0 Å². The molecule has 0 aliphatic rings. The lowest BCUT2D eigenvalue weighted by atomic mass is 10.0. The summed E-state index contributed by atoms with van der Waals surface area (Å²) in [5, 5.41) is 17.2. The van der Waals surface area contributed by atoms with Crippen LogP contribution < -0.4 is 15.5 Å². The number of aromatic nitrogens is 1. The SMILES string of the molecule is COc1ccc(/C=N/NC(=O)c2cnc3c(C(F)(F)F)cccc3c2N[C@@H](CSc2ccccc2)CC(=O)N(C)C)cc1O. The number of amides is 2. The van der Waals surface area contributed by atoms with Crippen LogP contribution in [0, 0.1) is 0 Å². The van der Waals surface area contributed by atoms with E-state index in [0.717, 1.165) is 17.2 Å². The van der Waals surface area contributed by atoms with Gasteiger partial charge >= 0.3 is 6.18 Å². The fraction of sp³-hybridized carbons (Fsp3) is 0.226. The van der Waals surface area contributed by atoms with Gasteiger partial charge in [-0.15, -0.1) is 11.8 Å². The Morgan fingerprint density at radius 3 is 2.52 bits per heavy atom. The number of pyridine rings is 1. The molecule has 0 fully saturated rings. The van der Waals surface area contributed by atoms with Crippen LogP contribution >= 0.6 is 11.8 Å². The first-order chi connectivity index (χ1) is 21.0. The van der Waals surface area contributed by atoms with Gasteiger partial charge in [-0.05, 0) is 42.0 Å². The molecule has 1 atom stereocenters. The molecule has 0 saturated heterocycles. The number of hydrazone groups is 1. The van der Waals surface area contributed by atoms with Gasteiger partial charge in [0.05, 0.1) is 35.7 Å². The Balaban J connectivity index is 1.72. The number of nitrogens with zero attached hydrogens (tertiary/aromatic N) is 3. The Bertz CT molecular complexity index is 1670. The molecule has 3 N–H and O–H groups in total. The molecule has 0 bridgehead atoms. The van der Waals surface area contributed by atoms with Crippen molar-refractivity contribution in [3.05, 3.63) is 89.6 Å². The van der Waals surface area contributed by atoms with E-state index in [0.29, 0.717) is 11.3 Å².